The molecule has 24 heavy (non-hydrogen) atoms. The topological polar surface area (TPSA) is 48.5 Å². The number of carbonyl (C=O) groups is 1. The van der Waals surface area contributed by atoms with Crippen LogP contribution in [0.5, 0.6) is 0 Å². The maximum Gasteiger partial charge on any atom is 0.255 e. The zero-order valence-corrected chi connectivity index (χ0v) is 14.8. The number of pyridine rings is 1. The molecule has 0 aliphatic carbocycles. The Labute approximate surface area is 151 Å². The Morgan fingerprint density at radius 2 is 1.88 bits per heavy atom. The van der Waals surface area contributed by atoms with Crippen LogP contribution in [-0.4, -0.2) is 53.9 Å². The zero-order valence-electron chi connectivity index (χ0n) is 13.3. The Kier molecular flexibility index (Phi) is 5.23. The highest BCUT2D eigenvalue weighted by atomic mass is 35.5. The SMILES string of the molecule is CN1CCN(C(=O)c2cncc(Nc3ccc(Cl)cc3Cl)c2)CC1. The van der Waals surface area contributed by atoms with E-state index < -0.39 is 0 Å². The second kappa shape index (κ2) is 7.38. The summed E-state index contributed by atoms with van der Waals surface area (Å²) >= 11 is 12.1. The van der Waals surface area contributed by atoms with Crippen LogP contribution in [0.3, 0.4) is 0 Å². The van der Waals surface area contributed by atoms with E-state index >= 15 is 0 Å². The van der Waals surface area contributed by atoms with Crippen LogP contribution in [0.25, 0.3) is 0 Å². The number of rotatable bonds is 3. The fourth-order valence-electron chi connectivity index (χ4n) is 2.56. The van der Waals surface area contributed by atoms with Crippen molar-refractivity contribution in [2.24, 2.45) is 0 Å². The molecule has 0 radical (unpaired) electrons. The lowest BCUT2D eigenvalue weighted by molar-refractivity contribution is 0.0663. The second-order valence-corrected chi connectivity index (χ2v) is 6.65. The number of benzene rings is 1. The van der Waals surface area contributed by atoms with Crippen LogP contribution in [0.1, 0.15) is 10.4 Å². The Balaban J connectivity index is 1.75. The quantitative estimate of drug-likeness (QED) is 0.904. The van der Waals surface area contributed by atoms with Gasteiger partial charge in [0, 0.05) is 37.4 Å². The van der Waals surface area contributed by atoms with Gasteiger partial charge in [0.25, 0.3) is 5.91 Å². The number of halogens is 2. The number of carbonyl (C=O) groups excluding carboxylic acids is 1. The molecule has 2 heterocycles. The van der Waals surface area contributed by atoms with Crippen molar-refractivity contribution in [2.75, 3.05) is 38.5 Å². The predicted octanol–water partition coefficient (Wildman–Crippen LogP) is 3.52. The Bertz CT molecular complexity index is 745. The minimum atomic E-state index is 0.00135. The van der Waals surface area contributed by atoms with Crippen molar-refractivity contribution in [3.05, 3.63) is 52.3 Å². The molecular weight excluding hydrogens is 347 g/mol. The molecule has 1 aliphatic heterocycles. The van der Waals surface area contributed by atoms with E-state index in [9.17, 15) is 4.79 Å². The van der Waals surface area contributed by atoms with Gasteiger partial charge in [0.15, 0.2) is 0 Å². The summed E-state index contributed by atoms with van der Waals surface area (Å²) in [5, 5.41) is 4.26. The molecule has 0 atom stereocenters. The number of piperazine rings is 1. The van der Waals surface area contributed by atoms with Crippen molar-refractivity contribution in [2.45, 2.75) is 0 Å². The van der Waals surface area contributed by atoms with E-state index in [0.717, 1.165) is 26.2 Å². The molecule has 1 aromatic heterocycles. The molecule has 1 amide bonds. The van der Waals surface area contributed by atoms with Crippen LogP contribution in [-0.2, 0) is 0 Å². The normalized spacial score (nSPS) is 15.4. The summed E-state index contributed by atoms with van der Waals surface area (Å²) in [7, 11) is 2.06. The van der Waals surface area contributed by atoms with Crippen molar-refractivity contribution in [1.29, 1.82) is 0 Å². The molecule has 0 spiro atoms. The lowest BCUT2D eigenvalue weighted by Gasteiger charge is -2.32. The molecule has 5 nitrogen and oxygen atoms in total. The van der Waals surface area contributed by atoms with E-state index in [1.54, 1.807) is 36.7 Å². The van der Waals surface area contributed by atoms with Crippen molar-refractivity contribution >= 4 is 40.5 Å². The largest absolute Gasteiger partial charge is 0.353 e. The second-order valence-electron chi connectivity index (χ2n) is 5.81. The molecule has 126 valence electrons. The fourth-order valence-corrected chi connectivity index (χ4v) is 3.02. The van der Waals surface area contributed by atoms with Crippen LogP contribution < -0.4 is 5.32 Å². The molecule has 0 unspecified atom stereocenters. The number of amides is 1. The van der Waals surface area contributed by atoms with Crippen molar-refractivity contribution in [3.63, 3.8) is 0 Å². The Morgan fingerprint density at radius 3 is 2.58 bits per heavy atom. The van der Waals surface area contributed by atoms with E-state index in [1.807, 2.05) is 4.90 Å². The number of anilines is 2. The minimum Gasteiger partial charge on any atom is -0.353 e. The van der Waals surface area contributed by atoms with E-state index in [2.05, 4.69) is 22.2 Å². The summed E-state index contributed by atoms with van der Waals surface area (Å²) in [4.78, 5) is 20.9. The van der Waals surface area contributed by atoms with Gasteiger partial charge in [-0.05, 0) is 31.3 Å². The van der Waals surface area contributed by atoms with Gasteiger partial charge in [0.05, 0.1) is 28.2 Å². The summed E-state index contributed by atoms with van der Waals surface area (Å²) in [6.07, 6.45) is 3.25. The summed E-state index contributed by atoms with van der Waals surface area (Å²) < 4.78 is 0. The van der Waals surface area contributed by atoms with Gasteiger partial charge in [0.2, 0.25) is 0 Å². The third kappa shape index (κ3) is 3.98. The first-order valence-corrected chi connectivity index (χ1v) is 8.43. The molecular formula is C17H18Cl2N4O. The number of hydrogen-bond acceptors (Lipinski definition) is 4. The summed E-state index contributed by atoms with van der Waals surface area (Å²) in [5.74, 6) is 0.00135. The maximum absolute atomic E-state index is 12.6. The number of nitrogens with zero attached hydrogens (tertiary/aromatic N) is 3. The van der Waals surface area contributed by atoms with Crippen molar-refractivity contribution in [3.8, 4) is 0 Å². The summed E-state index contributed by atoms with van der Waals surface area (Å²) in [6, 6.07) is 7.00. The van der Waals surface area contributed by atoms with Crippen LogP contribution >= 0.6 is 23.2 Å². The fraction of sp³-hybridized carbons (Fsp3) is 0.294. The summed E-state index contributed by atoms with van der Waals surface area (Å²) in [6.45, 7) is 3.24. The average Bonchev–Trinajstić information content (AvgIpc) is 2.58. The molecule has 0 saturated carbocycles. The monoisotopic (exact) mass is 364 g/mol. The van der Waals surface area contributed by atoms with Gasteiger partial charge in [-0.2, -0.15) is 0 Å². The maximum atomic E-state index is 12.6. The van der Waals surface area contributed by atoms with Crippen LogP contribution in [0.2, 0.25) is 10.0 Å². The molecule has 3 rings (SSSR count). The van der Waals surface area contributed by atoms with Crippen molar-refractivity contribution in [1.82, 2.24) is 14.8 Å². The van der Waals surface area contributed by atoms with Crippen LogP contribution in [0.4, 0.5) is 11.4 Å². The molecule has 7 heteroatoms. The van der Waals surface area contributed by atoms with Gasteiger partial charge in [-0.25, -0.2) is 0 Å². The van der Waals surface area contributed by atoms with Crippen molar-refractivity contribution < 1.29 is 4.79 Å². The van der Waals surface area contributed by atoms with Gasteiger partial charge >= 0.3 is 0 Å². The molecule has 1 fully saturated rings. The highest BCUT2D eigenvalue weighted by Gasteiger charge is 2.20. The standard InChI is InChI=1S/C17H18Cl2N4O/c1-22-4-6-23(7-5-22)17(24)12-8-14(11-20-10-12)21-16-3-2-13(18)9-15(16)19/h2-3,8-11,21H,4-7H2,1H3. The van der Waals surface area contributed by atoms with Gasteiger partial charge in [0.1, 0.15) is 0 Å². The van der Waals surface area contributed by atoms with E-state index in [0.29, 0.717) is 27.0 Å². The van der Waals surface area contributed by atoms with Crippen LogP contribution in [0.15, 0.2) is 36.7 Å². The smallest absolute Gasteiger partial charge is 0.255 e. The van der Waals surface area contributed by atoms with Gasteiger partial charge in [-0.15, -0.1) is 0 Å². The number of nitrogens with one attached hydrogen (secondary N) is 1. The average molecular weight is 365 g/mol. The van der Waals surface area contributed by atoms with E-state index in [4.69, 9.17) is 23.2 Å². The Hall–Kier alpha value is -1.82. The third-order valence-corrected chi connectivity index (χ3v) is 4.53. The molecule has 2 aromatic rings. The van der Waals surface area contributed by atoms with Gasteiger partial charge in [-0.3, -0.25) is 9.78 Å². The van der Waals surface area contributed by atoms with Gasteiger partial charge < -0.3 is 15.1 Å². The highest BCUT2D eigenvalue weighted by Crippen LogP contribution is 2.28. The molecule has 1 N–H and O–H groups in total. The van der Waals surface area contributed by atoms with Crippen LogP contribution in [0, 0.1) is 0 Å². The lowest BCUT2D eigenvalue weighted by Crippen LogP contribution is -2.47. The first-order chi connectivity index (χ1) is 11.5. The van der Waals surface area contributed by atoms with Gasteiger partial charge in [-0.1, -0.05) is 23.2 Å². The van der Waals surface area contributed by atoms with E-state index in [-0.39, 0.29) is 5.91 Å². The number of likely N-dealkylation sites (N-methyl/N-ethyl adjacent to an activating group) is 1. The molecule has 1 aliphatic rings. The first kappa shape index (κ1) is 17.0. The predicted molar refractivity (Wildman–Crippen MR) is 97.4 cm³/mol. The minimum absolute atomic E-state index is 0.00135. The highest BCUT2D eigenvalue weighted by molar-refractivity contribution is 6.36. The first-order valence-electron chi connectivity index (χ1n) is 7.68. The molecule has 0 bridgehead atoms. The van der Waals surface area contributed by atoms with E-state index in [1.165, 1.54) is 0 Å². The third-order valence-electron chi connectivity index (χ3n) is 3.99. The molecule has 1 saturated heterocycles. The zero-order chi connectivity index (χ0) is 17.1. The number of hydrogen-bond donors (Lipinski definition) is 1. The Morgan fingerprint density at radius 1 is 1.12 bits per heavy atom. The summed E-state index contributed by atoms with van der Waals surface area (Å²) in [5.41, 5.74) is 1.99. The molecule has 1 aromatic carbocycles. The lowest BCUT2D eigenvalue weighted by atomic mass is 10.2. The number of aromatic nitrogens is 1.